The maximum Gasteiger partial charge on any atom is 0.312 e. The van der Waals surface area contributed by atoms with E-state index in [-0.39, 0.29) is 5.92 Å². The summed E-state index contributed by atoms with van der Waals surface area (Å²) in [6, 6.07) is 0. The lowest BCUT2D eigenvalue weighted by atomic mass is 9.91. The van der Waals surface area contributed by atoms with Crippen LogP contribution in [0.1, 0.15) is 46.7 Å². The van der Waals surface area contributed by atoms with E-state index in [4.69, 9.17) is 4.74 Å². The smallest absolute Gasteiger partial charge is 0.312 e. The third-order valence-corrected chi connectivity index (χ3v) is 4.84. The van der Waals surface area contributed by atoms with Gasteiger partial charge in [-0.1, -0.05) is 0 Å². The van der Waals surface area contributed by atoms with Crippen molar-refractivity contribution in [3.63, 3.8) is 0 Å². The fourth-order valence-electron chi connectivity index (χ4n) is 2.58. The number of aliphatic carboxylic acids is 1. The Morgan fingerprint density at radius 1 is 1.47 bits per heavy atom. The van der Waals surface area contributed by atoms with Gasteiger partial charge in [-0.2, -0.15) is 0 Å². The molecule has 4 nitrogen and oxygen atoms in total. The number of thiazole rings is 1. The number of carboxylic acid groups (broad SMARTS) is 1. The van der Waals surface area contributed by atoms with E-state index in [9.17, 15) is 9.90 Å². The highest BCUT2D eigenvalue weighted by molar-refractivity contribution is 7.11. The predicted octanol–water partition coefficient (Wildman–Crippen LogP) is 2.15. The van der Waals surface area contributed by atoms with Crippen molar-refractivity contribution >= 4 is 17.3 Å². The molecule has 1 aliphatic carbocycles. The van der Waals surface area contributed by atoms with Crippen LogP contribution in [-0.2, 0) is 16.0 Å². The normalized spacial score (nSPS) is 28.0. The highest BCUT2D eigenvalue weighted by Crippen LogP contribution is 2.38. The topological polar surface area (TPSA) is 59.4 Å². The molecule has 17 heavy (non-hydrogen) atoms. The first-order chi connectivity index (χ1) is 8.25. The highest BCUT2D eigenvalue weighted by atomic mass is 32.1. The largest absolute Gasteiger partial charge is 0.481 e. The molecule has 2 heterocycles. The van der Waals surface area contributed by atoms with Crippen molar-refractivity contribution in [2.45, 2.75) is 37.5 Å². The second-order valence-electron chi connectivity index (χ2n) is 4.70. The minimum atomic E-state index is -0.731. The molecule has 0 aromatic carbocycles. The molecule has 1 saturated heterocycles. The molecule has 0 saturated carbocycles. The van der Waals surface area contributed by atoms with Gasteiger partial charge >= 0.3 is 5.97 Å². The molecule has 92 valence electrons. The number of carbonyl (C=O) groups is 1. The molecule has 1 fully saturated rings. The number of rotatable bonds is 2. The third-order valence-electron chi connectivity index (χ3n) is 3.55. The second kappa shape index (κ2) is 4.38. The maximum absolute atomic E-state index is 11.2. The lowest BCUT2D eigenvalue weighted by Crippen LogP contribution is -2.17. The minimum absolute atomic E-state index is 0.383. The zero-order valence-electron chi connectivity index (χ0n) is 9.52. The Balaban J connectivity index is 1.92. The quantitative estimate of drug-likeness (QED) is 0.877. The summed E-state index contributed by atoms with van der Waals surface area (Å²) in [6.07, 6.45) is 3.70. The molecular formula is C12H15NO3S. The van der Waals surface area contributed by atoms with Crippen molar-refractivity contribution in [2.24, 2.45) is 0 Å². The Kier molecular flexibility index (Phi) is 2.88. The van der Waals surface area contributed by atoms with Gasteiger partial charge in [-0.15, -0.1) is 11.3 Å². The molecule has 5 heteroatoms. The zero-order valence-corrected chi connectivity index (χ0v) is 10.3. The monoisotopic (exact) mass is 253 g/mol. The van der Waals surface area contributed by atoms with E-state index in [0.717, 1.165) is 49.6 Å². The van der Waals surface area contributed by atoms with E-state index in [0.29, 0.717) is 5.92 Å². The fourth-order valence-corrected chi connectivity index (χ4v) is 3.87. The summed E-state index contributed by atoms with van der Waals surface area (Å²) in [7, 11) is 0. The summed E-state index contributed by atoms with van der Waals surface area (Å²) in [5.74, 6) is -0.725. The van der Waals surface area contributed by atoms with E-state index < -0.39 is 5.97 Å². The van der Waals surface area contributed by atoms with Crippen LogP contribution < -0.4 is 0 Å². The number of aromatic nitrogens is 1. The van der Waals surface area contributed by atoms with Crippen molar-refractivity contribution in [3.8, 4) is 0 Å². The number of fused-ring (bicyclic) bond motifs is 1. The molecular weight excluding hydrogens is 238 g/mol. The Hall–Kier alpha value is -0.940. The molecule has 2 atom stereocenters. The van der Waals surface area contributed by atoms with Crippen LogP contribution in [0.4, 0.5) is 0 Å². The van der Waals surface area contributed by atoms with E-state index in [2.05, 4.69) is 4.98 Å². The number of ether oxygens (including phenoxy) is 1. The second-order valence-corrected chi connectivity index (χ2v) is 5.82. The third kappa shape index (κ3) is 1.98. The van der Waals surface area contributed by atoms with Crippen LogP contribution in [0.15, 0.2) is 0 Å². The van der Waals surface area contributed by atoms with Gasteiger partial charge in [-0.25, -0.2) is 4.98 Å². The number of hydrogen-bond acceptors (Lipinski definition) is 4. The zero-order chi connectivity index (χ0) is 11.8. The molecule has 0 radical (unpaired) electrons. The van der Waals surface area contributed by atoms with Crippen LogP contribution in [0.2, 0.25) is 0 Å². The van der Waals surface area contributed by atoms with Gasteiger partial charge in [-0.05, 0) is 25.7 Å². The molecule has 3 rings (SSSR count). The van der Waals surface area contributed by atoms with Crippen LogP contribution in [0.5, 0.6) is 0 Å². The van der Waals surface area contributed by atoms with Gasteiger partial charge in [0, 0.05) is 17.4 Å². The number of hydrogen-bond donors (Lipinski definition) is 1. The summed E-state index contributed by atoms with van der Waals surface area (Å²) in [6.45, 7) is 1.54. The van der Waals surface area contributed by atoms with Crippen LogP contribution in [0, 0.1) is 0 Å². The number of aryl methyl sites for hydroxylation is 1. The Bertz CT molecular complexity index is 437. The van der Waals surface area contributed by atoms with E-state index in [1.54, 1.807) is 11.3 Å². The van der Waals surface area contributed by atoms with Crippen molar-refractivity contribution in [3.05, 3.63) is 15.6 Å². The number of nitrogens with zero attached hydrogens (tertiary/aromatic N) is 1. The van der Waals surface area contributed by atoms with Crippen LogP contribution >= 0.6 is 11.3 Å². The van der Waals surface area contributed by atoms with Crippen molar-refractivity contribution in [1.82, 2.24) is 4.98 Å². The first-order valence-electron chi connectivity index (χ1n) is 6.05. The van der Waals surface area contributed by atoms with Gasteiger partial charge in [0.05, 0.1) is 23.2 Å². The average molecular weight is 253 g/mol. The molecule has 1 aliphatic heterocycles. The fraction of sp³-hybridized carbons (Fsp3) is 0.667. The summed E-state index contributed by atoms with van der Waals surface area (Å²) >= 11 is 1.70. The Morgan fingerprint density at radius 2 is 2.35 bits per heavy atom. The lowest BCUT2D eigenvalue weighted by Gasteiger charge is -2.16. The number of carboxylic acids is 1. The molecule has 1 aromatic rings. The van der Waals surface area contributed by atoms with Crippen LogP contribution in [-0.4, -0.2) is 29.3 Å². The average Bonchev–Trinajstić information content (AvgIpc) is 2.96. The van der Waals surface area contributed by atoms with Gasteiger partial charge < -0.3 is 9.84 Å². The summed E-state index contributed by atoms with van der Waals surface area (Å²) in [5.41, 5.74) is 0.829. The molecule has 0 spiro atoms. The summed E-state index contributed by atoms with van der Waals surface area (Å²) in [5, 5.41) is 10.3. The van der Waals surface area contributed by atoms with Gasteiger partial charge in [0.25, 0.3) is 0 Å². The van der Waals surface area contributed by atoms with Gasteiger partial charge in [-0.3, -0.25) is 4.79 Å². The molecule has 2 unspecified atom stereocenters. The van der Waals surface area contributed by atoms with Crippen molar-refractivity contribution < 1.29 is 14.6 Å². The minimum Gasteiger partial charge on any atom is -0.481 e. The summed E-state index contributed by atoms with van der Waals surface area (Å²) in [4.78, 5) is 17.0. The van der Waals surface area contributed by atoms with Crippen LogP contribution in [0.3, 0.4) is 0 Å². The standard InChI is InChI=1S/C12H15NO3S/c14-12(15)8-2-1-3-9-10(8)13-11(17-9)7-4-5-16-6-7/h7-8H,1-6H2,(H,14,15). The molecule has 0 amide bonds. The highest BCUT2D eigenvalue weighted by Gasteiger charge is 2.32. The predicted molar refractivity (Wildman–Crippen MR) is 63.6 cm³/mol. The maximum atomic E-state index is 11.2. The molecule has 1 aromatic heterocycles. The van der Waals surface area contributed by atoms with Gasteiger partial charge in [0.2, 0.25) is 0 Å². The molecule has 0 bridgehead atoms. The molecule has 1 N–H and O–H groups in total. The van der Waals surface area contributed by atoms with E-state index >= 15 is 0 Å². The Labute approximate surface area is 104 Å². The molecule has 2 aliphatic rings. The van der Waals surface area contributed by atoms with Gasteiger partial charge in [0.15, 0.2) is 0 Å². The Morgan fingerprint density at radius 3 is 3.06 bits per heavy atom. The first kappa shape index (κ1) is 11.2. The summed E-state index contributed by atoms with van der Waals surface area (Å²) < 4.78 is 5.37. The van der Waals surface area contributed by atoms with Crippen LogP contribution in [0.25, 0.3) is 0 Å². The van der Waals surface area contributed by atoms with E-state index in [1.807, 2.05) is 0 Å². The van der Waals surface area contributed by atoms with E-state index in [1.165, 1.54) is 4.88 Å². The first-order valence-corrected chi connectivity index (χ1v) is 6.87. The lowest BCUT2D eigenvalue weighted by molar-refractivity contribution is -0.139. The van der Waals surface area contributed by atoms with Crippen molar-refractivity contribution in [2.75, 3.05) is 13.2 Å². The SMILES string of the molecule is O=C(O)C1CCCc2sc(C3CCOC3)nc21. The van der Waals surface area contributed by atoms with Crippen molar-refractivity contribution in [1.29, 1.82) is 0 Å². The van der Waals surface area contributed by atoms with Gasteiger partial charge in [0.1, 0.15) is 0 Å².